The van der Waals surface area contributed by atoms with Crippen LogP contribution in [-0.4, -0.2) is 12.7 Å². The molecule has 0 spiro atoms. The molecule has 22 heavy (non-hydrogen) atoms. The molecule has 0 radical (unpaired) electrons. The Morgan fingerprint density at radius 2 is 1.18 bits per heavy atom. The van der Waals surface area contributed by atoms with Crippen LogP contribution in [0.5, 0.6) is 0 Å². The quantitative estimate of drug-likeness (QED) is 0.509. The zero-order valence-corrected chi connectivity index (χ0v) is 14.7. The van der Waals surface area contributed by atoms with E-state index in [0.29, 0.717) is 6.10 Å². The minimum Gasteiger partial charge on any atom is -0.378 e. The van der Waals surface area contributed by atoms with Crippen molar-refractivity contribution in [2.75, 3.05) is 6.61 Å². The minimum absolute atomic E-state index is 0.603. The topological polar surface area (TPSA) is 9.23 Å². The monoisotopic (exact) mass is 306 g/mol. The van der Waals surface area contributed by atoms with E-state index in [1.54, 1.807) is 0 Å². The van der Waals surface area contributed by atoms with Gasteiger partial charge in [-0.15, -0.1) is 0 Å². The lowest BCUT2D eigenvalue weighted by Crippen LogP contribution is -2.27. The van der Waals surface area contributed by atoms with Gasteiger partial charge in [0.1, 0.15) is 0 Å². The first-order valence-electron chi connectivity index (χ1n) is 10.5. The third-order valence-electron chi connectivity index (χ3n) is 6.87. The van der Waals surface area contributed by atoms with Crippen LogP contribution in [0.1, 0.15) is 103 Å². The maximum atomic E-state index is 6.21. The van der Waals surface area contributed by atoms with Gasteiger partial charge in [0.15, 0.2) is 0 Å². The van der Waals surface area contributed by atoms with Crippen molar-refractivity contribution < 1.29 is 4.74 Å². The number of hydrogen-bond acceptors (Lipinski definition) is 1. The average molecular weight is 307 g/mol. The molecule has 3 rings (SSSR count). The Kier molecular flexibility index (Phi) is 7.11. The first kappa shape index (κ1) is 16.8. The van der Waals surface area contributed by atoms with E-state index >= 15 is 0 Å². The molecule has 3 aliphatic carbocycles. The Labute approximate surface area is 138 Å². The van der Waals surface area contributed by atoms with Gasteiger partial charge in [0.05, 0.1) is 6.10 Å². The SMILES string of the molecule is C1CCC(CCCOC2CCC(C3CCCCC3)CC2)CC1. The summed E-state index contributed by atoms with van der Waals surface area (Å²) in [6.07, 6.45) is 23.9. The van der Waals surface area contributed by atoms with Crippen LogP contribution in [0, 0.1) is 17.8 Å². The van der Waals surface area contributed by atoms with Gasteiger partial charge in [0, 0.05) is 6.61 Å². The number of ether oxygens (including phenoxy) is 1. The molecule has 3 fully saturated rings. The van der Waals surface area contributed by atoms with Crippen molar-refractivity contribution in [2.45, 2.75) is 109 Å². The van der Waals surface area contributed by atoms with Gasteiger partial charge in [0.25, 0.3) is 0 Å². The Bertz CT molecular complexity index is 280. The van der Waals surface area contributed by atoms with Crippen molar-refractivity contribution in [2.24, 2.45) is 17.8 Å². The molecule has 0 heterocycles. The molecule has 0 aromatic carbocycles. The highest BCUT2D eigenvalue weighted by atomic mass is 16.5. The Morgan fingerprint density at radius 3 is 1.86 bits per heavy atom. The zero-order chi connectivity index (χ0) is 15.0. The Balaban J connectivity index is 1.24. The van der Waals surface area contributed by atoms with E-state index in [2.05, 4.69) is 0 Å². The molecule has 0 unspecified atom stereocenters. The summed E-state index contributed by atoms with van der Waals surface area (Å²) in [5.74, 6) is 3.14. The Morgan fingerprint density at radius 1 is 0.591 bits per heavy atom. The lowest BCUT2D eigenvalue weighted by Gasteiger charge is -2.35. The van der Waals surface area contributed by atoms with Gasteiger partial charge in [-0.1, -0.05) is 64.2 Å². The van der Waals surface area contributed by atoms with E-state index in [1.807, 2.05) is 0 Å². The fourth-order valence-electron chi connectivity index (χ4n) is 5.43. The summed E-state index contributed by atoms with van der Waals surface area (Å²) in [5, 5.41) is 0. The summed E-state index contributed by atoms with van der Waals surface area (Å²) in [5.41, 5.74) is 0. The van der Waals surface area contributed by atoms with Gasteiger partial charge >= 0.3 is 0 Å². The fraction of sp³-hybridized carbons (Fsp3) is 1.00. The van der Waals surface area contributed by atoms with Gasteiger partial charge in [-0.05, 0) is 56.3 Å². The second-order valence-electron chi connectivity index (χ2n) is 8.45. The summed E-state index contributed by atoms with van der Waals surface area (Å²) in [6.45, 7) is 1.04. The predicted molar refractivity (Wildman–Crippen MR) is 94.1 cm³/mol. The van der Waals surface area contributed by atoms with Gasteiger partial charge < -0.3 is 4.74 Å². The largest absolute Gasteiger partial charge is 0.378 e. The van der Waals surface area contributed by atoms with Crippen molar-refractivity contribution in [1.82, 2.24) is 0 Å². The summed E-state index contributed by atoms with van der Waals surface area (Å²) in [6, 6.07) is 0. The smallest absolute Gasteiger partial charge is 0.0575 e. The highest BCUT2D eigenvalue weighted by Crippen LogP contribution is 2.38. The Hall–Kier alpha value is -0.0400. The van der Waals surface area contributed by atoms with Crippen LogP contribution in [0.3, 0.4) is 0 Å². The summed E-state index contributed by atoms with van der Waals surface area (Å²) in [7, 11) is 0. The molecule has 0 aromatic heterocycles. The molecule has 0 N–H and O–H groups in total. The minimum atomic E-state index is 0.603. The van der Waals surface area contributed by atoms with E-state index in [-0.39, 0.29) is 0 Å². The second kappa shape index (κ2) is 9.30. The predicted octanol–water partition coefficient (Wildman–Crippen LogP) is 6.50. The lowest BCUT2D eigenvalue weighted by molar-refractivity contribution is 0.00525. The maximum Gasteiger partial charge on any atom is 0.0575 e. The van der Waals surface area contributed by atoms with Crippen LogP contribution >= 0.6 is 0 Å². The van der Waals surface area contributed by atoms with E-state index in [0.717, 1.165) is 24.4 Å². The molecule has 0 amide bonds. The average Bonchev–Trinajstić information content (AvgIpc) is 2.61. The first-order valence-corrected chi connectivity index (χ1v) is 10.5. The van der Waals surface area contributed by atoms with Crippen molar-refractivity contribution in [3.05, 3.63) is 0 Å². The number of rotatable bonds is 6. The second-order valence-corrected chi connectivity index (χ2v) is 8.45. The van der Waals surface area contributed by atoms with E-state index in [4.69, 9.17) is 4.74 Å². The van der Waals surface area contributed by atoms with E-state index < -0.39 is 0 Å². The molecule has 0 atom stereocenters. The third-order valence-corrected chi connectivity index (χ3v) is 6.87. The van der Waals surface area contributed by atoms with Gasteiger partial charge in [-0.2, -0.15) is 0 Å². The van der Waals surface area contributed by atoms with Crippen LogP contribution < -0.4 is 0 Å². The third kappa shape index (κ3) is 5.25. The van der Waals surface area contributed by atoms with Crippen molar-refractivity contribution in [1.29, 1.82) is 0 Å². The van der Waals surface area contributed by atoms with Crippen molar-refractivity contribution >= 4 is 0 Å². The lowest BCUT2D eigenvalue weighted by atomic mass is 9.73. The highest BCUT2D eigenvalue weighted by molar-refractivity contribution is 4.80. The molecule has 0 aliphatic heterocycles. The fourth-order valence-corrected chi connectivity index (χ4v) is 5.43. The molecule has 3 saturated carbocycles. The summed E-state index contributed by atoms with van der Waals surface area (Å²) < 4.78 is 6.21. The van der Waals surface area contributed by atoms with Gasteiger partial charge in [-0.3, -0.25) is 0 Å². The summed E-state index contributed by atoms with van der Waals surface area (Å²) in [4.78, 5) is 0. The highest BCUT2D eigenvalue weighted by Gasteiger charge is 2.28. The first-order chi connectivity index (χ1) is 10.9. The van der Waals surface area contributed by atoms with Crippen LogP contribution in [0.4, 0.5) is 0 Å². The van der Waals surface area contributed by atoms with E-state index in [1.165, 1.54) is 103 Å². The molecule has 0 aromatic rings. The standard InChI is InChI=1S/C21H38O/c1-3-8-18(9-4-1)10-7-17-22-21-15-13-20(14-16-21)19-11-5-2-6-12-19/h18-21H,1-17H2. The molecule has 0 saturated heterocycles. The van der Waals surface area contributed by atoms with Crippen LogP contribution in [-0.2, 0) is 4.74 Å². The molecular weight excluding hydrogens is 268 g/mol. The normalized spacial score (nSPS) is 32.2. The van der Waals surface area contributed by atoms with Crippen LogP contribution in [0.15, 0.2) is 0 Å². The summed E-state index contributed by atoms with van der Waals surface area (Å²) >= 11 is 0. The van der Waals surface area contributed by atoms with Crippen LogP contribution in [0.2, 0.25) is 0 Å². The zero-order valence-electron chi connectivity index (χ0n) is 14.7. The molecule has 1 nitrogen and oxygen atoms in total. The molecule has 3 aliphatic rings. The molecular formula is C21H38O. The maximum absolute atomic E-state index is 6.21. The molecule has 128 valence electrons. The number of hydrogen-bond donors (Lipinski definition) is 0. The molecule has 0 bridgehead atoms. The molecule has 1 heteroatoms. The van der Waals surface area contributed by atoms with Gasteiger partial charge in [-0.25, -0.2) is 0 Å². The van der Waals surface area contributed by atoms with Crippen molar-refractivity contribution in [3.8, 4) is 0 Å². The van der Waals surface area contributed by atoms with Crippen molar-refractivity contribution in [3.63, 3.8) is 0 Å². The van der Waals surface area contributed by atoms with Gasteiger partial charge in [0.2, 0.25) is 0 Å². The van der Waals surface area contributed by atoms with E-state index in [9.17, 15) is 0 Å². The van der Waals surface area contributed by atoms with Crippen LogP contribution in [0.25, 0.3) is 0 Å².